The molecule has 72 heavy (non-hydrogen) atoms. The first-order chi connectivity index (χ1) is 34.0. The molecular formula is C53H82N4O14S. The number of aryl methyl sites for hydroxylation is 1. The highest BCUT2D eigenvalue weighted by atomic mass is 32.2. The fourth-order valence-corrected chi connectivity index (χ4v) is 12.2. The number of methoxy groups -OCH3 is 2. The average molecular weight is 1030 g/mol. The quantitative estimate of drug-likeness (QED) is 0.125. The smallest absolute Gasteiger partial charge is 0.329 e. The first kappa shape index (κ1) is 59.0. The number of carbonyl (C=O) groups excluding carboxylic acids is 4. The Morgan fingerprint density at radius 1 is 0.917 bits per heavy atom. The van der Waals surface area contributed by atoms with Gasteiger partial charge < -0.3 is 49.4 Å². The molecule has 0 aromatic carbocycles. The van der Waals surface area contributed by atoms with Gasteiger partial charge in [-0.1, -0.05) is 74.9 Å². The molecule has 1 aromatic heterocycles. The molecule has 5 rings (SSSR count). The highest BCUT2D eigenvalue weighted by Gasteiger charge is 2.53. The molecule has 0 spiro atoms. The molecule has 2 bridgehead atoms. The second-order valence-electron chi connectivity index (χ2n) is 21.1. The van der Waals surface area contributed by atoms with Crippen molar-refractivity contribution in [2.75, 3.05) is 20.8 Å². The van der Waals surface area contributed by atoms with Gasteiger partial charge in [0.15, 0.2) is 5.78 Å². The minimum absolute atomic E-state index is 0.0311. The number of fused-ring (bicyclic) bond motifs is 3. The average Bonchev–Trinajstić information content (AvgIpc) is 3.80. The van der Waals surface area contributed by atoms with Crippen LogP contribution in [0.2, 0.25) is 0 Å². The number of nitrogens with zero attached hydrogens (tertiary/aromatic N) is 2. The van der Waals surface area contributed by atoms with E-state index in [9.17, 15) is 42.9 Å². The standard InChI is InChI=1S/C53H82N4O14S/c1-31-15-11-10-12-16-32(2)41(56-72(65,66)46-30-69-55-37(46)7)29-40-21-18-36(6)53(64,71-40)50(61)51(62)57-24-14-13-17-42(57)52(63)70-44(33(3)26-38-19-22-43(58)45(28-38)67-8)23-20-39(54)27-35(5)48(60)49(68-9)47(59)34(4)25-31/h10-12,15-16,27,30-31,33-34,36,38-45,48-49,56,58,60,64H,13-14,17-26,28-29,54H2,1-9H3/b12-10+,15-11+,32-16+,35-27+/t31-,33-,34?,36?,38?,39+,40?,41-,42?,43-,44+,45?,48?,49+,53?/m1/s1. The number of aliphatic hydroxyl groups excluding tert-OH is 2. The molecule has 1 aromatic rings. The Morgan fingerprint density at radius 3 is 2.33 bits per heavy atom. The van der Waals surface area contributed by atoms with Gasteiger partial charge in [-0.15, -0.1) is 0 Å². The van der Waals surface area contributed by atoms with E-state index in [2.05, 4.69) is 9.88 Å². The van der Waals surface area contributed by atoms with Gasteiger partial charge in [-0.05, 0) is 128 Å². The lowest BCUT2D eigenvalue weighted by Gasteiger charge is -2.43. The van der Waals surface area contributed by atoms with Crippen LogP contribution in [-0.4, -0.2) is 139 Å². The van der Waals surface area contributed by atoms with Gasteiger partial charge in [0, 0.05) is 44.7 Å². The third-order valence-corrected chi connectivity index (χ3v) is 17.0. The van der Waals surface area contributed by atoms with Gasteiger partial charge in [-0.3, -0.25) is 14.4 Å². The maximum atomic E-state index is 14.5. The van der Waals surface area contributed by atoms with Gasteiger partial charge in [-0.2, -0.15) is 0 Å². The molecule has 2 saturated heterocycles. The number of nitrogens with two attached hydrogens (primary N) is 1. The molecule has 4 heterocycles. The summed E-state index contributed by atoms with van der Waals surface area (Å²) in [4.78, 5) is 58.1. The summed E-state index contributed by atoms with van der Waals surface area (Å²) in [6, 6.07) is -2.68. The van der Waals surface area contributed by atoms with Crippen LogP contribution in [0.25, 0.3) is 0 Å². The molecule has 1 amide bonds. The zero-order chi connectivity index (χ0) is 53.1. The summed E-state index contributed by atoms with van der Waals surface area (Å²) < 4.78 is 58.9. The van der Waals surface area contributed by atoms with Gasteiger partial charge in [-0.25, -0.2) is 17.9 Å². The lowest BCUT2D eigenvalue weighted by molar-refractivity contribution is -0.264. The number of sulfonamides is 1. The van der Waals surface area contributed by atoms with E-state index in [1.807, 2.05) is 26.0 Å². The van der Waals surface area contributed by atoms with Crippen molar-refractivity contribution < 1.29 is 66.4 Å². The first-order valence-electron chi connectivity index (χ1n) is 25.8. The molecule has 8 unspecified atom stereocenters. The van der Waals surface area contributed by atoms with Gasteiger partial charge >= 0.3 is 5.97 Å². The van der Waals surface area contributed by atoms with Crippen molar-refractivity contribution in [1.29, 1.82) is 0 Å². The summed E-state index contributed by atoms with van der Waals surface area (Å²) in [6.45, 7) is 12.3. The number of rotatable bonds is 8. The summed E-state index contributed by atoms with van der Waals surface area (Å²) in [7, 11) is -1.25. The van der Waals surface area contributed by atoms with Crippen LogP contribution in [0.15, 0.2) is 63.3 Å². The number of hydrogen-bond donors (Lipinski definition) is 5. The number of esters is 1. The fraction of sp³-hybridized carbons (Fsp3) is 0.717. The number of nitrogens with one attached hydrogen (secondary N) is 1. The SMILES string of the molecule is COC1CC(C[C@@H](C)[C@@H]2CC[C@H](N)/C=C(\C)C(O)[C@@H](OC)C(=O)C(C)C[C@H](C)/C=C/C=C/C=C(\C)[C@H](NS(=O)(=O)c3conc3C)CC3CCC(C)C(O)(O3)C(=O)C(=O)N3CCCCC3C(=O)O2)CC[C@H]1O. The van der Waals surface area contributed by atoms with Crippen LogP contribution in [-0.2, 0) is 48.1 Å². The van der Waals surface area contributed by atoms with Gasteiger partial charge in [0.05, 0.1) is 18.3 Å². The molecule has 1 saturated carbocycles. The van der Waals surface area contributed by atoms with Gasteiger partial charge in [0.2, 0.25) is 15.8 Å². The highest BCUT2D eigenvalue weighted by molar-refractivity contribution is 7.89. The molecule has 4 aliphatic rings. The summed E-state index contributed by atoms with van der Waals surface area (Å²) >= 11 is 0. The summed E-state index contributed by atoms with van der Waals surface area (Å²) in [6.07, 6.45) is 12.3. The molecular weight excluding hydrogens is 949 g/mol. The maximum Gasteiger partial charge on any atom is 0.329 e. The van der Waals surface area contributed by atoms with Crippen LogP contribution < -0.4 is 10.5 Å². The van der Waals surface area contributed by atoms with Crippen LogP contribution in [0.5, 0.6) is 0 Å². The monoisotopic (exact) mass is 1030 g/mol. The summed E-state index contributed by atoms with van der Waals surface area (Å²) in [5.74, 6) is -7.28. The summed E-state index contributed by atoms with van der Waals surface area (Å²) in [5, 5.41) is 37.9. The predicted molar refractivity (Wildman–Crippen MR) is 268 cm³/mol. The molecule has 3 fully saturated rings. The highest BCUT2D eigenvalue weighted by Crippen LogP contribution is 2.38. The van der Waals surface area contributed by atoms with E-state index in [0.717, 1.165) is 12.7 Å². The molecule has 15 atom stereocenters. The van der Waals surface area contributed by atoms with Crippen molar-refractivity contribution in [3.63, 3.8) is 0 Å². The maximum absolute atomic E-state index is 14.5. The Labute approximate surface area is 426 Å². The number of aliphatic hydroxyl groups is 3. The number of piperidine rings is 1. The number of amides is 1. The van der Waals surface area contributed by atoms with Gasteiger partial charge in [0.25, 0.3) is 11.7 Å². The van der Waals surface area contributed by atoms with Crippen molar-refractivity contribution in [2.45, 2.75) is 197 Å². The third-order valence-electron chi connectivity index (χ3n) is 15.4. The van der Waals surface area contributed by atoms with Crippen LogP contribution in [0.3, 0.4) is 0 Å². The molecule has 404 valence electrons. The van der Waals surface area contributed by atoms with Crippen molar-refractivity contribution in [3.05, 3.63) is 59.6 Å². The Bertz CT molecular complexity index is 2240. The number of Topliss-reactive ketones (excluding diaryl/α,β-unsaturated/α-hetero) is 2. The first-order valence-corrected chi connectivity index (χ1v) is 27.3. The number of ether oxygens (including phenoxy) is 4. The van der Waals surface area contributed by atoms with E-state index in [0.29, 0.717) is 68.9 Å². The predicted octanol–water partition coefficient (Wildman–Crippen LogP) is 5.32. The minimum atomic E-state index is -4.21. The number of allylic oxidation sites excluding steroid dienone is 5. The van der Waals surface area contributed by atoms with E-state index in [1.165, 1.54) is 18.9 Å². The second-order valence-corrected chi connectivity index (χ2v) is 22.8. The Balaban J connectivity index is 1.50. The van der Waals surface area contributed by atoms with Gasteiger partial charge in [0.1, 0.15) is 41.2 Å². The molecule has 18 nitrogen and oxygen atoms in total. The molecule has 6 N–H and O–H groups in total. The number of cyclic esters (lactones) is 1. The molecule has 0 radical (unpaired) electrons. The zero-order valence-corrected chi connectivity index (χ0v) is 44.6. The number of hydrogen-bond acceptors (Lipinski definition) is 16. The summed E-state index contributed by atoms with van der Waals surface area (Å²) in [5.41, 5.74) is 7.84. The minimum Gasteiger partial charge on any atom is -0.461 e. The van der Waals surface area contributed by atoms with Crippen LogP contribution in [0, 0.1) is 36.5 Å². The Hall–Kier alpha value is -3.92. The Morgan fingerprint density at radius 2 is 1.65 bits per heavy atom. The Kier molecular flexibility index (Phi) is 21.7. The van der Waals surface area contributed by atoms with Crippen molar-refractivity contribution in [2.24, 2.45) is 35.3 Å². The van der Waals surface area contributed by atoms with Crippen LogP contribution >= 0.6 is 0 Å². The zero-order valence-electron chi connectivity index (χ0n) is 43.7. The lowest BCUT2D eigenvalue weighted by atomic mass is 9.78. The third kappa shape index (κ3) is 15.1. The lowest BCUT2D eigenvalue weighted by Crippen LogP contribution is -2.61. The molecule has 19 heteroatoms. The largest absolute Gasteiger partial charge is 0.461 e. The fourth-order valence-electron chi connectivity index (χ4n) is 10.8. The molecule has 3 aliphatic heterocycles. The normalized spacial score (nSPS) is 37.8. The topological polar surface area (TPSA) is 267 Å². The van der Waals surface area contributed by atoms with Crippen LogP contribution in [0.4, 0.5) is 0 Å². The number of aromatic nitrogens is 1. The van der Waals surface area contributed by atoms with Crippen molar-refractivity contribution >= 4 is 33.5 Å². The number of ketones is 2. The van der Waals surface area contributed by atoms with E-state index in [1.54, 1.807) is 59.1 Å². The van der Waals surface area contributed by atoms with E-state index in [4.69, 9.17) is 29.2 Å². The van der Waals surface area contributed by atoms with Crippen LogP contribution in [0.1, 0.15) is 131 Å². The molecule has 1 aliphatic carbocycles. The number of carbonyl (C=O) groups is 4. The van der Waals surface area contributed by atoms with E-state index in [-0.39, 0.29) is 66.0 Å². The van der Waals surface area contributed by atoms with Crippen molar-refractivity contribution in [1.82, 2.24) is 14.8 Å². The van der Waals surface area contributed by atoms with E-state index >= 15 is 0 Å². The van der Waals surface area contributed by atoms with E-state index < -0.39 is 94.0 Å². The van der Waals surface area contributed by atoms with Crippen molar-refractivity contribution in [3.8, 4) is 0 Å². The second kappa shape index (κ2) is 26.5.